The topological polar surface area (TPSA) is 108 Å². The number of thiazole rings is 1. The number of imidazole rings is 1. The van der Waals surface area contributed by atoms with Crippen molar-refractivity contribution < 1.29 is 4.52 Å². The van der Waals surface area contributed by atoms with Gasteiger partial charge in [0.15, 0.2) is 17.0 Å². The van der Waals surface area contributed by atoms with Crippen molar-refractivity contribution in [1.82, 2.24) is 34.2 Å². The molecule has 10 nitrogen and oxygen atoms in total. The van der Waals surface area contributed by atoms with Crippen LogP contribution in [0.25, 0.3) is 21.4 Å². The van der Waals surface area contributed by atoms with Crippen LogP contribution < -0.4 is 10.5 Å². The molecule has 2 bridgehead atoms. The summed E-state index contributed by atoms with van der Waals surface area (Å²) in [6.07, 6.45) is 5.21. The third kappa shape index (κ3) is 2.92. The molecule has 166 valence electrons. The van der Waals surface area contributed by atoms with Crippen molar-refractivity contribution in [2.75, 3.05) is 11.4 Å². The molecule has 0 N–H and O–H groups in total. The largest absolute Gasteiger partial charge is 0.368 e. The van der Waals surface area contributed by atoms with Crippen molar-refractivity contribution in [3.63, 3.8) is 0 Å². The fraction of sp³-hybridized carbons (Fsp3) is 0.364. The molecular formula is C22H20N8O2S. The number of benzene rings is 1. The minimum absolute atomic E-state index is 0.173. The number of aryl methyl sites for hydroxylation is 1. The van der Waals surface area contributed by atoms with Crippen LogP contribution in [0.1, 0.15) is 30.5 Å². The zero-order valence-corrected chi connectivity index (χ0v) is 18.6. The predicted octanol–water partition coefficient (Wildman–Crippen LogP) is 2.55. The number of fused-ring (bicyclic) bond motifs is 4. The predicted molar refractivity (Wildman–Crippen MR) is 122 cm³/mol. The first-order valence-electron chi connectivity index (χ1n) is 10.9. The van der Waals surface area contributed by atoms with E-state index in [-0.39, 0.29) is 18.0 Å². The Bertz CT molecular complexity index is 1570. The van der Waals surface area contributed by atoms with E-state index in [1.807, 2.05) is 5.51 Å². The highest BCUT2D eigenvalue weighted by molar-refractivity contribution is 7.16. The number of piperidine rings is 1. The van der Waals surface area contributed by atoms with Gasteiger partial charge in [0.25, 0.3) is 5.56 Å². The summed E-state index contributed by atoms with van der Waals surface area (Å²) >= 11 is 1.68. The van der Waals surface area contributed by atoms with Crippen molar-refractivity contribution in [2.24, 2.45) is 13.0 Å². The highest BCUT2D eigenvalue weighted by Gasteiger charge is 2.47. The van der Waals surface area contributed by atoms with E-state index in [4.69, 9.17) is 4.52 Å². The van der Waals surface area contributed by atoms with E-state index in [1.54, 1.807) is 29.3 Å². The second-order valence-electron chi connectivity index (χ2n) is 8.90. The van der Waals surface area contributed by atoms with E-state index in [9.17, 15) is 4.79 Å². The molecule has 1 unspecified atom stereocenters. The molecule has 0 amide bonds. The molecule has 1 aliphatic carbocycles. The maximum absolute atomic E-state index is 12.8. The second kappa shape index (κ2) is 6.95. The molecule has 0 spiro atoms. The van der Waals surface area contributed by atoms with E-state index in [1.165, 1.54) is 21.3 Å². The van der Waals surface area contributed by atoms with Gasteiger partial charge in [-0.05, 0) is 37.0 Å². The number of hydrogen-bond donors (Lipinski definition) is 0. The molecule has 5 aromatic rings. The number of nitrogens with zero attached hydrogens (tertiary/aromatic N) is 8. The molecule has 5 heterocycles. The minimum Gasteiger partial charge on any atom is -0.368 e. The van der Waals surface area contributed by atoms with Gasteiger partial charge < -0.3 is 14.0 Å². The van der Waals surface area contributed by atoms with Gasteiger partial charge in [-0.15, -0.1) is 11.3 Å². The number of rotatable bonds is 4. The van der Waals surface area contributed by atoms with E-state index >= 15 is 0 Å². The van der Waals surface area contributed by atoms with Gasteiger partial charge in [0.1, 0.15) is 12.9 Å². The van der Waals surface area contributed by atoms with Crippen molar-refractivity contribution in [1.29, 1.82) is 0 Å². The normalized spacial score (nSPS) is 22.2. The molecular weight excluding hydrogens is 440 g/mol. The summed E-state index contributed by atoms with van der Waals surface area (Å²) in [5.41, 5.74) is 4.94. The van der Waals surface area contributed by atoms with E-state index in [0.717, 1.165) is 30.7 Å². The smallest absolute Gasteiger partial charge is 0.280 e. The average molecular weight is 461 g/mol. The summed E-state index contributed by atoms with van der Waals surface area (Å²) in [6, 6.07) is 7.01. The lowest BCUT2D eigenvalue weighted by Crippen LogP contribution is -2.35. The van der Waals surface area contributed by atoms with Gasteiger partial charge in [-0.2, -0.15) is 4.98 Å². The van der Waals surface area contributed by atoms with Crippen LogP contribution >= 0.6 is 11.3 Å². The van der Waals surface area contributed by atoms with Gasteiger partial charge in [0.05, 0.1) is 22.1 Å². The Kier molecular flexibility index (Phi) is 3.98. The SMILES string of the molecule is Cn1cnc2ncn(Cc3nc([C@@H]4CC5C[C@H]4CN5c4ccc5ncsc5c4)no3)c(=O)c21. The molecule has 11 heteroatoms. The Morgan fingerprint density at radius 2 is 2.09 bits per heavy atom. The Labute approximate surface area is 191 Å². The van der Waals surface area contributed by atoms with Gasteiger partial charge >= 0.3 is 0 Å². The second-order valence-corrected chi connectivity index (χ2v) is 9.79. The fourth-order valence-electron chi connectivity index (χ4n) is 5.42. The monoisotopic (exact) mass is 460 g/mol. The molecule has 7 rings (SSSR count). The van der Waals surface area contributed by atoms with Gasteiger partial charge in [-0.3, -0.25) is 9.36 Å². The van der Waals surface area contributed by atoms with Crippen LogP contribution in [0.15, 0.2) is 45.7 Å². The molecule has 0 radical (unpaired) electrons. The Hall–Kier alpha value is -3.60. The summed E-state index contributed by atoms with van der Waals surface area (Å²) in [4.78, 5) is 32.7. The lowest BCUT2D eigenvalue weighted by atomic mass is 9.93. The van der Waals surface area contributed by atoms with Crippen LogP contribution in [0.3, 0.4) is 0 Å². The highest BCUT2D eigenvalue weighted by Crippen LogP contribution is 2.48. The minimum atomic E-state index is -0.173. The molecule has 3 atom stereocenters. The Morgan fingerprint density at radius 1 is 1.18 bits per heavy atom. The summed E-state index contributed by atoms with van der Waals surface area (Å²) in [7, 11) is 1.78. The van der Waals surface area contributed by atoms with Gasteiger partial charge in [0, 0.05) is 31.2 Å². The lowest BCUT2D eigenvalue weighted by Gasteiger charge is -2.32. The van der Waals surface area contributed by atoms with Crippen LogP contribution in [0.5, 0.6) is 0 Å². The summed E-state index contributed by atoms with van der Waals surface area (Å²) in [5, 5.41) is 4.28. The third-order valence-electron chi connectivity index (χ3n) is 7.01. The number of hydrogen-bond acceptors (Lipinski definition) is 9. The zero-order chi connectivity index (χ0) is 22.1. The summed E-state index contributed by atoms with van der Waals surface area (Å²) < 4.78 is 9.91. The van der Waals surface area contributed by atoms with Crippen molar-refractivity contribution in [3.05, 3.63) is 58.4 Å². The third-order valence-corrected chi connectivity index (χ3v) is 7.80. The summed E-state index contributed by atoms with van der Waals surface area (Å²) in [5.74, 6) is 1.95. The fourth-order valence-corrected chi connectivity index (χ4v) is 6.13. The van der Waals surface area contributed by atoms with E-state index in [0.29, 0.717) is 29.0 Å². The van der Waals surface area contributed by atoms with Crippen LogP contribution in [-0.2, 0) is 13.6 Å². The van der Waals surface area contributed by atoms with Crippen LogP contribution in [0.2, 0.25) is 0 Å². The number of anilines is 1. The van der Waals surface area contributed by atoms with Gasteiger partial charge in [0.2, 0.25) is 5.89 Å². The molecule has 1 saturated heterocycles. The van der Waals surface area contributed by atoms with Gasteiger partial charge in [-0.25, -0.2) is 15.0 Å². The molecule has 1 saturated carbocycles. The molecule has 2 aliphatic rings. The first-order valence-corrected chi connectivity index (χ1v) is 11.8. The number of aromatic nitrogens is 7. The molecule has 4 aromatic heterocycles. The van der Waals surface area contributed by atoms with Crippen LogP contribution in [0, 0.1) is 5.92 Å². The molecule has 1 aliphatic heterocycles. The summed E-state index contributed by atoms with van der Waals surface area (Å²) in [6.45, 7) is 1.19. The average Bonchev–Trinajstić information content (AvgIpc) is 3.63. The van der Waals surface area contributed by atoms with Crippen LogP contribution in [-0.4, -0.2) is 46.8 Å². The first kappa shape index (κ1) is 18.9. The van der Waals surface area contributed by atoms with E-state index in [2.05, 4.69) is 48.2 Å². The van der Waals surface area contributed by atoms with Crippen LogP contribution in [0.4, 0.5) is 5.69 Å². The quantitative estimate of drug-likeness (QED) is 0.403. The van der Waals surface area contributed by atoms with E-state index < -0.39 is 0 Å². The molecule has 1 aromatic carbocycles. The Balaban J connectivity index is 1.10. The standard InChI is InChI=1S/C22H20N8O2S/c1-28-9-23-21-19(28)22(31)29(10-24-21)8-18-26-20(27-32-18)15-5-14-4-12(15)7-30(14)13-2-3-16-17(6-13)33-11-25-16/h2-3,6,9-12,14-15H,4-5,7-8H2,1H3/t12-,14?,15+/m0/s1. The maximum atomic E-state index is 12.8. The lowest BCUT2D eigenvalue weighted by molar-refractivity contribution is 0.353. The van der Waals surface area contributed by atoms with Gasteiger partial charge in [-0.1, -0.05) is 5.16 Å². The molecule has 33 heavy (non-hydrogen) atoms. The van der Waals surface area contributed by atoms with Crippen molar-refractivity contribution >= 4 is 38.4 Å². The van der Waals surface area contributed by atoms with Crippen molar-refractivity contribution in [2.45, 2.75) is 31.3 Å². The molecule has 2 fully saturated rings. The first-order chi connectivity index (χ1) is 16.1. The zero-order valence-electron chi connectivity index (χ0n) is 17.8. The highest BCUT2D eigenvalue weighted by atomic mass is 32.1. The van der Waals surface area contributed by atoms with Crippen molar-refractivity contribution in [3.8, 4) is 0 Å². The Morgan fingerprint density at radius 3 is 2.97 bits per heavy atom. The maximum Gasteiger partial charge on any atom is 0.280 e.